The lowest BCUT2D eigenvalue weighted by Crippen LogP contribution is -2.14. The van der Waals surface area contributed by atoms with E-state index in [0.717, 1.165) is 47.3 Å². The highest BCUT2D eigenvalue weighted by Crippen LogP contribution is 2.40. The van der Waals surface area contributed by atoms with E-state index in [4.69, 9.17) is 0 Å². The van der Waals surface area contributed by atoms with Crippen LogP contribution in [0.25, 0.3) is 10.9 Å². The van der Waals surface area contributed by atoms with E-state index in [0.29, 0.717) is 23.6 Å². The molecule has 5 nitrogen and oxygen atoms in total. The zero-order valence-electron chi connectivity index (χ0n) is 16.7. The van der Waals surface area contributed by atoms with E-state index in [2.05, 4.69) is 33.0 Å². The topological polar surface area (TPSA) is 68.0 Å². The molecule has 5 rings (SSSR count). The SMILES string of the molecule is O=C(O)c1cc(C2CC2)cnc1Cc1ccc2c(cnn2CC2CCCCC2)c1. The van der Waals surface area contributed by atoms with Crippen LogP contribution in [0.5, 0.6) is 0 Å². The Hall–Kier alpha value is -2.69. The molecule has 2 aromatic heterocycles. The molecule has 0 aliphatic heterocycles. The highest BCUT2D eigenvalue weighted by atomic mass is 16.4. The van der Waals surface area contributed by atoms with Gasteiger partial charge in [0.1, 0.15) is 0 Å². The highest BCUT2D eigenvalue weighted by molar-refractivity contribution is 5.89. The van der Waals surface area contributed by atoms with Gasteiger partial charge in [-0.05, 0) is 66.8 Å². The van der Waals surface area contributed by atoms with Gasteiger partial charge in [-0.1, -0.05) is 25.3 Å². The predicted octanol–water partition coefficient (Wildman–Crippen LogP) is 5.18. The zero-order valence-corrected chi connectivity index (χ0v) is 16.7. The molecule has 2 fully saturated rings. The number of aromatic nitrogens is 3. The van der Waals surface area contributed by atoms with Crippen molar-refractivity contribution in [1.82, 2.24) is 14.8 Å². The molecule has 150 valence electrons. The van der Waals surface area contributed by atoms with E-state index in [1.807, 2.05) is 18.5 Å². The monoisotopic (exact) mass is 389 g/mol. The molecule has 0 atom stereocenters. The molecule has 2 saturated carbocycles. The number of hydrogen-bond acceptors (Lipinski definition) is 3. The van der Waals surface area contributed by atoms with Crippen LogP contribution in [-0.2, 0) is 13.0 Å². The number of pyridine rings is 1. The maximum Gasteiger partial charge on any atom is 0.337 e. The van der Waals surface area contributed by atoms with E-state index in [1.165, 1.54) is 32.1 Å². The molecule has 2 aliphatic rings. The van der Waals surface area contributed by atoms with Crippen LogP contribution in [0.15, 0.2) is 36.7 Å². The summed E-state index contributed by atoms with van der Waals surface area (Å²) in [6, 6.07) is 8.16. The van der Waals surface area contributed by atoms with Gasteiger partial charge < -0.3 is 5.11 Å². The molecule has 5 heteroatoms. The number of carboxylic acid groups (broad SMARTS) is 1. The van der Waals surface area contributed by atoms with E-state index >= 15 is 0 Å². The van der Waals surface area contributed by atoms with Crippen molar-refractivity contribution in [3.05, 3.63) is 59.0 Å². The molecule has 0 amide bonds. The van der Waals surface area contributed by atoms with E-state index < -0.39 is 5.97 Å². The van der Waals surface area contributed by atoms with Gasteiger partial charge in [0.05, 0.1) is 23.0 Å². The fourth-order valence-electron chi connectivity index (χ4n) is 4.67. The summed E-state index contributed by atoms with van der Waals surface area (Å²) >= 11 is 0. The average molecular weight is 389 g/mol. The van der Waals surface area contributed by atoms with Crippen LogP contribution in [0.4, 0.5) is 0 Å². The standard InChI is InChI=1S/C24H27N3O2/c28-24(29)21-12-19(18-7-8-18)13-25-22(21)11-17-6-9-23-20(10-17)14-26-27(23)15-16-4-2-1-3-5-16/h6,9-10,12-14,16,18H,1-5,7-8,11,15H2,(H,28,29). The molecule has 3 aromatic rings. The summed E-state index contributed by atoms with van der Waals surface area (Å²) in [5.41, 5.74) is 4.27. The van der Waals surface area contributed by atoms with Crippen LogP contribution in [0.1, 0.15) is 78.0 Å². The molecular weight excluding hydrogens is 362 g/mol. The quantitative estimate of drug-likeness (QED) is 0.631. The van der Waals surface area contributed by atoms with Crippen molar-refractivity contribution in [3.63, 3.8) is 0 Å². The normalized spacial score (nSPS) is 17.7. The van der Waals surface area contributed by atoms with Crippen molar-refractivity contribution in [1.29, 1.82) is 0 Å². The van der Waals surface area contributed by atoms with Gasteiger partial charge in [0.2, 0.25) is 0 Å². The van der Waals surface area contributed by atoms with Crippen molar-refractivity contribution in [2.75, 3.05) is 0 Å². The molecule has 1 aromatic carbocycles. The molecule has 0 unspecified atom stereocenters. The van der Waals surface area contributed by atoms with Gasteiger partial charge in [0, 0.05) is 24.5 Å². The number of nitrogens with zero attached hydrogens (tertiary/aromatic N) is 3. The van der Waals surface area contributed by atoms with Gasteiger partial charge in [0.15, 0.2) is 0 Å². The Morgan fingerprint density at radius 1 is 1.07 bits per heavy atom. The van der Waals surface area contributed by atoms with E-state index in [1.54, 1.807) is 0 Å². The Balaban J connectivity index is 1.38. The van der Waals surface area contributed by atoms with Crippen molar-refractivity contribution >= 4 is 16.9 Å². The number of hydrogen-bond donors (Lipinski definition) is 1. The molecule has 2 heterocycles. The minimum atomic E-state index is -0.892. The third-order valence-electron chi connectivity index (χ3n) is 6.50. The molecule has 0 bridgehead atoms. The van der Waals surface area contributed by atoms with Gasteiger partial charge in [-0.2, -0.15) is 5.10 Å². The Morgan fingerprint density at radius 3 is 2.66 bits per heavy atom. The van der Waals surface area contributed by atoms with Crippen LogP contribution >= 0.6 is 0 Å². The predicted molar refractivity (Wildman–Crippen MR) is 112 cm³/mol. The van der Waals surface area contributed by atoms with Crippen LogP contribution in [0.3, 0.4) is 0 Å². The summed E-state index contributed by atoms with van der Waals surface area (Å²) < 4.78 is 2.14. The van der Waals surface area contributed by atoms with Crippen LogP contribution in [0.2, 0.25) is 0 Å². The second-order valence-electron chi connectivity index (χ2n) is 8.74. The first kappa shape index (κ1) is 18.3. The number of rotatable bonds is 6. The van der Waals surface area contributed by atoms with Crippen LogP contribution < -0.4 is 0 Å². The van der Waals surface area contributed by atoms with Crippen molar-refractivity contribution in [2.24, 2.45) is 5.92 Å². The molecule has 0 saturated heterocycles. The number of benzene rings is 1. The van der Waals surface area contributed by atoms with Gasteiger partial charge in [-0.15, -0.1) is 0 Å². The third kappa shape index (κ3) is 3.91. The lowest BCUT2D eigenvalue weighted by Gasteiger charge is -2.21. The minimum absolute atomic E-state index is 0.336. The molecule has 29 heavy (non-hydrogen) atoms. The molecule has 0 spiro atoms. The Kier molecular flexibility index (Phi) is 4.82. The summed E-state index contributed by atoms with van der Waals surface area (Å²) in [5, 5.41) is 15.4. The Morgan fingerprint density at radius 2 is 1.90 bits per heavy atom. The van der Waals surface area contributed by atoms with Crippen molar-refractivity contribution in [3.8, 4) is 0 Å². The number of aromatic carboxylic acids is 1. The summed E-state index contributed by atoms with van der Waals surface area (Å²) in [5.74, 6) is 0.344. The van der Waals surface area contributed by atoms with Crippen LogP contribution in [-0.4, -0.2) is 25.8 Å². The van der Waals surface area contributed by atoms with Crippen molar-refractivity contribution < 1.29 is 9.90 Å². The van der Waals surface area contributed by atoms with Gasteiger partial charge in [-0.3, -0.25) is 9.67 Å². The minimum Gasteiger partial charge on any atom is -0.478 e. The van der Waals surface area contributed by atoms with Gasteiger partial charge in [0.25, 0.3) is 0 Å². The summed E-state index contributed by atoms with van der Waals surface area (Å²) in [4.78, 5) is 16.3. The number of carbonyl (C=O) groups is 1. The lowest BCUT2D eigenvalue weighted by atomic mass is 9.89. The molecule has 1 N–H and O–H groups in total. The molecular formula is C24H27N3O2. The summed E-state index contributed by atoms with van der Waals surface area (Å²) in [6.45, 7) is 0.996. The third-order valence-corrected chi connectivity index (χ3v) is 6.50. The maximum absolute atomic E-state index is 11.8. The lowest BCUT2D eigenvalue weighted by molar-refractivity contribution is 0.0695. The Labute approximate surface area is 170 Å². The first-order chi connectivity index (χ1) is 14.2. The first-order valence-corrected chi connectivity index (χ1v) is 10.8. The first-order valence-electron chi connectivity index (χ1n) is 10.8. The van der Waals surface area contributed by atoms with Crippen molar-refractivity contribution in [2.45, 2.75) is 63.8 Å². The maximum atomic E-state index is 11.8. The zero-order chi connectivity index (χ0) is 19.8. The average Bonchev–Trinajstić information content (AvgIpc) is 3.51. The number of fused-ring (bicyclic) bond motifs is 1. The molecule has 2 aliphatic carbocycles. The fourth-order valence-corrected chi connectivity index (χ4v) is 4.67. The second kappa shape index (κ2) is 7.62. The summed E-state index contributed by atoms with van der Waals surface area (Å²) in [7, 11) is 0. The molecule has 0 radical (unpaired) electrons. The van der Waals surface area contributed by atoms with Gasteiger partial charge in [-0.25, -0.2) is 4.79 Å². The summed E-state index contributed by atoms with van der Waals surface area (Å²) in [6.07, 6.45) is 13.3. The number of carboxylic acids is 1. The van der Waals surface area contributed by atoms with E-state index in [9.17, 15) is 9.90 Å². The largest absolute Gasteiger partial charge is 0.478 e. The van der Waals surface area contributed by atoms with E-state index in [-0.39, 0.29) is 0 Å². The highest BCUT2D eigenvalue weighted by Gasteiger charge is 2.26. The van der Waals surface area contributed by atoms with Crippen LogP contribution in [0, 0.1) is 5.92 Å². The Bertz CT molecular complexity index is 1050. The second-order valence-corrected chi connectivity index (χ2v) is 8.74. The smallest absolute Gasteiger partial charge is 0.337 e. The van der Waals surface area contributed by atoms with Gasteiger partial charge >= 0.3 is 5.97 Å². The fraction of sp³-hybridized carbons (Fsp3) is 0.458.